The average molecular weight is 256 g/mol. The summed E-state index contributed by atoms with van der Waals surface area (Å²) in [6.07, 6.45) is 0. The van der Waals surface area contributed by atoms with Gasteiger partial charge in [0.25, 0.3) is 0 Å². The zero-order chi connectivity index (χ0) is 13.8. The van der Waals surface area contributed by atoms with Gasteiger partial charge in [-0.25, -0.2) is 4.79 Å². The lowest BCUT2D eigenvalue weighted by molar-refractivity contribution is 0.262. The van der Waals surface area contributed by atoms with Crippen LogP contribution in [0.5, 0.6) is 0 Å². The molecule has 0 heterocycles. The van der Waals surface area contributed by atoms with Crippen LogP contribution in [0.4, 0.5) is 27.5 Å². The number of nitrogen functional groups attached to an aromatic ring is 2. The van der Waals surface area contributed by atoms with Crippen molar-refractivity contribution in [3.8, 4) is 0 Å². The monoisotopic (exact) mass is 256 g/mol. The standard InChI is InChI=1S/C14H16N4O/c1-9-2-7-13(12(16)8-9)18-14(19)17-11-5-3-10(15)4-6-11/h2-8H,15-16H2,1H3,(H2,17,18,19). The number of carbonyl (C=O) groups is 1. The van der Waals surface area contributed by atoms with Crippen molar-refractivity contribution in [2.24, 2.45) is 0 Å². The summed E-state index contributed by atoms with van der Waals surface area (Å²) in [7, 11) is 0. The molecule has 0 fully saturated rings. The van der Waals surface area contributed by atoms with Crippen molar-refractivity contribution in [2.75, 3.05) is 22.1 Å². The number of anilines is 4. The molecule has 0 saturated heterocycles. The largest absolute Gasteiger partial charge is 0.399 e. The quantitative estimate of drug-likeness (QED) is 0.622. The van der Waals surface area contributed by atoms with Gasteiger partial charge in [-0.3, -0.25) is 0 Å². The molecule has 2 amide bonds. The molecule has 2 aromatic rings. The van der Waals surface area contributed by atoms with Crippen LogP contribution in [0, 0.1) is 6.92 Å². The Morgan fingerprint density at radius 2 is 1.68 bits per heavy atom. The lowest BCUT2D eigenvalue weighted by Gasteiger charge is -2.10. The topological polar surface area (TPSA) is 93.2 Å². The molecule has 0 atom stereocenters. The van der Waals surface area contributed by atoms with Gasteiger partial charge in [-0.2, -0.15) is 0 Å². The molecule has 98 valence electrons. The van der Waals surface area contributed by atoms with Crippen molar-refractivity contribution in [2.45, 2.75) is 6.92 Å². The van der Waals surface area contributed by atoms with E-state index in [1.165, 1.54) is 0 Å². The highest BCUT2D eigenvalue weighted by atomic mass is 16.2. The number of rotatable bonds is 2. The highest BCUT2D eigenvalue weighted by Crippen LogP contribution is 2.19. The minimum atomic E-state index is -0.347. The highest BCUT2D eigenvalue weighted by Gasteiger charge is 2.05. The molecule has 0 aliphatic rings. The van der Waals surface area contributed by atoms with E-state index in [9.17, 15) is 4.79 Å². The van der Waals surface area contributed by atoms with Crippen molar-refractivity contribution >= 4 is 28.8 Å². The molecule has 19 heavy (non-hydrogen) atoms. The molecule has 0 aliphatic heterocycles. The van der Waals surface area contributed by atoms with Gasteiger partial charge in [-0.1, -0.05) is 6.07 Å². The molecule has 0 radical (unpaired) electrons. The summed E-state index contributed by atoms with van der Waals surface area (Å²) < 4.78 is 0. The molecule has 6 N–H and O–H groups in total. The fourth-order valence-corrected chi connectivity index (χ4v) is 1.65. The van der Waals surface area contributed by atoms with E-state index in [-0.39, 0.29) is 6.03 Å². The lowest BCUT2D eigenvalue weighted by atomic mass is 10.2. The third-order valence-corrected chi connectivity index (χ3v) is 2.62. The molecule has 2 aromatic carbocycles. The molecule has 0 spiro atoms. The van der Waals surface area contributed by atoms with E-state index < -0.39 is 0 Å². The van der Waals surface area contributed by atoms with Gasteiger partial charge in [0.2, 0.25) is 0 Å². The van der Waals surface area contributed by atoms with Crippen molar-refractivity contribution in [3.63, 3.8) is 0 Å². The van der Waals surface area contributed by atoms with Crippen molar-refractivity contribution in [3.05, 3.63) is 48.0 Å². The van der Waals surface area contributed by atoms with E-state index in [2.05, 4.69) is 10.6 Å². The van der Waals surface area contributed by atoms with Crippen molar-refractivity contribution in [1.82, 2.24) is 0 Å². The number of nitrogens with one attached hydrogen (secondary N) is 2. The Morgan fingerprint density at radius 3 is 2.32 bits per heavy atom. The Balaban J connectivity index is 2.03. The average Bonchev–Trinajstić information content (AvgIpc) is 2.36. The van der Waals surface area contributed by atoms with Crippen LogP contribution in [0.2, 0.25) is 0 Å². The Bertz CT molecular complexity index is 593. The Kier molecular flexibility index (Phi) is 3.56. The molecule has 0 aromatic heterocycles. The van der Waals surface area contributed by atoms with Crippen LogP contribution in [0.3, 0.4) is 0 Å². The summed E-state index contributed by atoms with van der Waals surface area (Å²) in [4.78, 5) is 11.8. The molecular weight excluding hydrogens is 240 g/mol. The predicted molar refractivity (Wildman–Crippen MR) is 79.1 cm³/mol. The number of carbonyl (C=O) groups excluding carboxylic acids is 1. The zero-order valence-electron chi connectivity index (χ0n) is 10.6. The predicted octanol–water partition coefficient (Wildman–Crippen LogP) is 2.80. The van der Waals surface area contributed by atoms with Crippen LogP contribution in [-0.4, -0.2) is 6.03 Å². The van der Waals surface area contributed by atoms with Gasteiger partial charge in [-0.15, -0.1) is 0 Å². The first-order chi connectivity index (χ1) is 9.04. The summed E-state index contributed by atoms with van der Waals surface area (Å²) in [5.41, 5.74) is 14.9. The molecule has 0 unspecified atom stereocenters. The van der Waals surface area contributed by atoms with E-state index in [1.54, 1.807) is 36.4 Å². The van der Waals surface area contributed by atoms with Crippen LogP contribution in [0.15, 0.2) is 42.5 Å². The molecule has 0 aliphatic carbocycles. The van der Waals surface area contributed by atoms with E-state index >= 15 is 0 Å². The number of amides is 2. The summed E-state index contributed by atoms with van der Waals surface area (Å²) >= 11 is 0. The minimum Gasteiger partial charge on any atom is -0.399 e. The van der Waals surface area contributed by atoms with Gasteiger partial charge in [0.15, 0.2) is 0 Å². The summed E-state index contributed by atoms with van der Waals surface area (Å²) in [5.74, 6) is 0. The second-order valence-corrected chi connectivity index (χ2v) is 4.29. The molecule has 0 bridgehead atoms. The molecule has 2 rings (SSSR count). The summed E-state index contributed by atoms with van der Waals surface area (Å²) in [5, 5.41) is 5.39. The number of aryl methyl sites for hydroxylation is 1. The van der Waals surface area contributed by atoms with Crippen LogP contribution in [0.1, 0.15) is 5.56 Å². The molecule has 0 saturated carbocycles. The maximum absolute atomic E-state index is 11.8. The number of hydrogen-bond donors (Lipinski definition) is 4. The first kappa shape index (κ1) is 12.8. The first-order valence-electron chi connectivity index (χ1n) is 5.84. The molecule has 5 nitrogen and oxygen atoms in total. The minimum absolute atomic E-state index is 0.347. The van der Waals surface area contributed by atoms with Crippen LogP contribution >= 0.6 is 0 Å². The highest BCUT2D eigenvalue weighted by molar-refractivity contribution is 6.01. The molecule has 5 heteroatoms. The van der Waals surface area contributed by atoms with Gasteiger partial charge in [0.1, 0.15) is 0 Å². The number of urea groups is 1. The summed E-state index contributed by atoms with van der Waals surface area (Å²) in [6, 6.07) is 12.0. The van der Waals surface area contributed by atoms with Crippen LogP contribution in [-0.2, 0) is 0 Å². The van der Waals surface area contributed by atoms with Gasteiger partial charge in [0, 0.05) is 11.4 Å². The Hall–Kier alpha value is -2.69. The number of nitrogens with two attached hydrogens (primary N) is 2. The smallest absolute Gasteiger partial charge is 0.323 e. The van der Waals surface area contributed by atoms with Crippen LogP contribution < -0.4 is 22.1 Å². The fraction of sp³-hybridized carbons (Fsp3) is 0.0714. The van der Waals surface area contributed by atoms with Gasteiger partial charge < -0.3 is 22.1 Å². The summed E-state index contributed by atoms with van der Waals surface area (Å²) in [6.45, 7) is 1.94. The second kappa shape index (κ2) is 5.30. The van der Waals surface area contributed by atoms with Crippen molar-refractivity contribution < 1.29 is 4.79 Å². The maximum Gasteiger partial charge on any atom is 0.323 e. The fourth-order valence-electron chi connectivity index (χ4n) is 1.65. The normalized spacial score (nSPS) is 9.95. The van der Waals surface area contributed by atoms with Gasteiger partial charge in [0.05, 0.1) is 11.4 Å². The van der Waals surface area contributed by atoms with E-state index in [4.69, 9.17) is 11.5 Å². The molecular formula is C14H16N4O. The van der Waals surface area contributed by atoms with E-state index in [1.807, 2.05) is 13.0 Å². The Morgan fingerprint density at radius 1 is 1.00 bits per heavy atom. The van der Waals surface area contributed by atoms with Gasteiger partial charge >= 0.3 is 6.03 Å². The van der Waals surface area contributed by atoms with Crippen LogP contribution in [0.25, 0.3) is 0 Å². The SMILES string of the molecule is Cc1ccc(NC(=O)Nc2ccc(N)cc2)c(N)c1. The zero-order valence-corrected chi connectivity index (χ0v) is 10.6. The number of hydrogen-bond acceptors (Lipinski definition) is 3. The Labute approximate surface area is 111 Å². The number of benzene rings is 2. The van der Waals surface area contributed by atoms with E-state index in [0.717, 1.165) is 5.56 Å². The maximum atomic E-state index is 11.8. The third-order valence-electron chi connectivity index (χ3n) is 2.62. The lowest BCUT2D eigenvalue weighted by Crippen LogP contribution is -2.20. The first-order valence-corrected chi connectivity index (χ1v) is 5.84. The van der Waals surface area contributed by atoms with Crippen molar-refractivity contribution in [1.29, 1.82) is 0 Å². The second-order valence-electron chi connectivity index (χ2n) is 4.29. The third kappa shape index (κ3) is 3.38. The van der Waals surface area contributed by atoms with Gasteiger partial charge in [-0.05, 0) is 48.9 Å². The van der Waals surface area contributed by atoms with E-state index in [0.29, 0.717) is 22.7 Å².